The van der Waals surface area contributed by atoms with Crippen LogP contribution in [0.3, 0.4) is 0 Å². The molecule has 1 rings (SSSR count). The van der Waals surface area contributed by atoms with Crippen molar-refractivity contribution in [1.82, 2.24) is 15.2 Å². The van der Waals surface area contributed by atoms with Crippen molar-refractivity contribution in [2.24, 2.45) is 12.0 Å². The van der Waals surface area contributed by atoms with Crippen molar-refractivity contribution in [3.63, 3.8) is 0 Å². The fourth-order valence-corrected chi connectivity index (χ4v) is 2.18. The van der Waals surface area contributed by atoms with Gasteiger partial charge in [0.2, 0.25) is 0 Å². The minimum absolute atomic E-state index is 0.518. The monoisotopic (exact) mass is 334 g/mol. The SMILES string of the molecule is CCNC(=NCc1cc(Cl)c(Cl)n1C)NCCCOCC. The second-order valence-corrected chi connectivity index (χ2v) is 5.27. The summed E-state index contributed by atoms with van der Waals surface area (Å²) in [5.74, 6) is 0.780. The highest BCUT2D eigenvalue weighted by Gasteiger charge is 2.08. The molecule has 2 N–H and O–H groups in total. The van der Waals surface area contributed by atoms with Crippen LogP contribution in [0.25, 0.3) is 0 Å². The molecule has 120 valence electrons. The first-order valence-corrected chi connectivity index (χ1v) is 7.95. The second kappa shape index (κ2) is 9.92. The Morgan fingerprint density at radius 3 is 2.67 bits per heavy atom. The maximum Gasteiger partial charge on any atom is 0.191 e. The Morgan fingerprint density at radius 1 is 1.33 bits per heavy atom. The fraction of sp³-hybridized carbons (Fsp3) is 0.643. The molecule has 0 saturated heterocycles. The molecule has 1 aromatic heterocycles. The molecule has 5 nitrogen and oxygen atoms in total. The molecule has 0 aromatic carbocycles. The average Bonchev–Trinajstić information content (AvgIpc) is 2.71. The van der Waals surface area contributed by atoms with Gasteiger partial charge in [0.15, 0.2) is 5.96 Å². The van der Waals surface area contributed by atoms with Gasteiger partial charge in [-0.25, -0.2) is 4.99 Å². The summed E-state index contributed by atoms with van der Waals surface area (Å²) in [5, 5.41) is 7.57. The van der Waals surface area contributed by atoms with Crippen LogP contribution in [-0.4, -0.2) is 36.8 Å². The molecular formula is C14H24Cl2N4O. The molecule has 0 spiro atoms. The van der Waals surface area contributed by atoms with Gasteiger partial charge in [-0.05, 0) is 26.3 Å². The Labute approximate surface area is 136 Å². The lowest BCUT2D eigenvalue weighted by molar-refractivity contribution is 0.145. The van der Waals surface area contributed by atoms with E-state index in [9.17, 15) is 0 Å². The maximum atomic E-state index is 6.04. The lowest BCUT2D eigenvalue weighted by Crippen LogP contribution is -2.38. The van der Waals surface area contributed by atoms with Gasteiger partial charge in [0.25, 0.3) is 0 Å². The quantitative estimate of drug-likeness (QED) is 0.436. The summed E-state index contributed by atoms with van der Waals surface area (Å²) in [5.41, 5.74) is 0.969. The van der Waals surface area contributed by atoms with Crippen LogP contribution >= 0.6 is 23.2 Å². The Hall–Kier alpha value is -0.910. The van der Waals surface area contributed by atoms with Crippen molar-refractivity contribution in [3.8, 4) is 0 Å². The first-order valence-electron chi connectivity index (χ1n) is 7.19. The number of aromatic nitrogens is 1. The van der Waals surface area contributed by atoms with Crippen LogP contribution in [-0.2, 0) is 18.3 Å². The number of aliphatic imine (C=N–C) groups is 1. The van der Waals surface area contributed by atoms with Gasteiger partial charge in [-0.2, -0.15) is 0 Å². The fourth-order valence-electron chi connectivity index (χ4n) is 1.77. The van der Waals surface area contributed by atoms with E-state index in [1.165, 1.54) is 0 Å². The highest BCUT2D eigenvalue weighted by molar-refractivity contribution is 6.41. The van der Waals surface area contributed by atoms with Crippen molar-refractivity contribution >= 4 is 29.2 Å². The van der Waals surface area contributed by atoms with Crippen LogP contribution in [0.4, 0.5) is 0 Å². The van der Waals surface area contributed by atoms with Crippen molar-refractivity contribution in [2.45, 2.75) is 26.8 Å². The second-order valence-electron chi connectivity index (χ2n) is 4.51. The molecule has 1 aromatic rings. The van der Waals surface area contributed by atoms with Crippen LogP contribution in [0.2, 0.25) is 10.2 Å². The highest BCUT2D eigenvalue weighted by Crippen LogP contribution is 2.25. The molecule has 0 fully saturated rings. The molecule has 0 aliphatic rings. The van der Waals surface area contributed by atoms with E-state index in [1.807, 2.05) is 31.5 Å². The number of halogens is 2. The summed E-state index contributed by atoms with van der Waals surface area (Å²) < 4.78 is 7.14. The summed E-state index contributed by atoms with van der Waals surface area (Å²) in [4.78, 5) is 4.53. The van der Waals surface area contributed by atoms with Gasteiger partial charge in [0.05, 0.1) is 11.6 Å². The van der Waals surface area contributed by atoms with Crippen molar-refractivity contribution in [3.05, 3.63) is 21.9 Å². The number of rotatable bonds is 8. The molecule has 0 amide bonds. The van der Waals surface area contributed by atoms with Gasteiger partial charge in [-0.1, -0.05) is 23.2 Å². The minimum atomic E-state index is 0.518. The highest BCUT2D eigenvalue weighted by atomic mass is 35.5. The summed E-state index contributed by atoms with van der Waals surface area (Å²) >= 11 is 12.0. The number of ether oxygens (including phenoxy) is 1. The zero-order valence-corrected chi connectivity index (χ0v) is 14.4. The van der Waals surface area contributed by atoms with Crippen LogP contribution in [0.15, 0.2) is 11.1 Å². The number of nitrogens with zero attached hydrogens (tertiary/aromatic N) is 2. The molecule has 0 unspecified atom stereocenters. The number of hydrogen-bond acceptors (Lipinski definition) is 2. The summed E-state index contributed by atoms with van der Waals surface area (Å²) in [6, 6.07) is 1.84. The van der Waals surface area contributed by atoms with E-state index >= 15 is 0 Å². The van der Waals surface area contributed by atoms with E-state index in [4.69, 9.17) is 27.9 Å². The number of hydrogen-bond donors (Lipinski definition) is 2. The van der Waals surface area contributed by atoms with Crippen LogP contribution in [0.5, 0.6) is 0 Å². The van der Waals surface area contributed by atoms with Gasteiger partial charge in [-0.15, -0.1) is 0 Å². The molecule has 0 bridgehead atoms. The molecule has 7 heteroatoms. The topological polar surface area (TPSA) is 50.6 Å². The van der Waals surface area contributed by atoms with E-state index < -0.39 is 0 Å². The van der Waals surface area contributed by atoms with E-state index in [1.54, 1.807) is 0 Å². The molecular weight excluding hydrogens is 311 g/mol. The Bertz CT molecular complexity index is 460. The largest absolute Gasteiger partial charge is 0.382 e. The Balaban J connectivity index is 2.52. The first-order chi connectivity index (χ1) is 10.1. The zero-order chi connectivity index (χ0) is 15.7. The summed E-state index contributed by atoms with van der Waals surface area (Å²) in [7, 11) is 1.88. The third-order valence-electron chi connectivity index (χ3n) is 2.92. The molecule has 0 aliphatic heterocycles. The summed E-state index contributed by atoms with van der Waals surface area (Å²) in [6.45, 7) is 7.69. The third kappa shape index (κ3) is 6.16. The standard InChI is InChI=1S/C14H24Cl2N4O/c1-4-17-14(18-7-6-8-21-5-2)19-10-11-9-12(15)13(16)20(11)3/h9H,4-8,10H2,1-3H3,(H2,17,18,19). The van der Waals surface area contributed by atoms with E-state index in [-0.39, 0.29) is 0 Å². The minimum Gasteiger partial charge on any atom is -0.382 e. The molecule has 0 saturated carbocycles. The molecule has 1 heterocycles. The smallest absolute Gasteiger partial charge is 0.191 e. The lowest BCUT2D eigenvalue weighted by Gasteiger charge is -2.11. The van der Waals surface area contributed by atoms with Crippen LogP contribution < -0.4 is 10.6 Å². The Morgan fingerprint density at radius 2 is 2.10 bits per heavy atom. The predicted octanol–water partition coefficient (Wildman–Crippen LogP) is 2.81. The third-order valence-corrected chi connectivity index (χ3v) is 3.76. The van der Waals surface area contributed by atoms with E-state index in [2.05, 4.69) is 15.6 Å². The van der Waals surface area contributed by atoms with Crippen LogP contribution in [0.1, 0.15) is 26.0 Å². The van der Waals surface area contributed by atoms with Gasteiger partial charge < -0.3 is 19.9 Å². The average molecular weight is 335 g/mol. The summed E-state index contributed by atoms with van der Waals surface area (Å²) in [6.07, 6.45) is 0.945. The lowest BCUT2D eigenvalue weighted by atomic mass is 10.4. The van der Waals surface area contributed by atoms with Gasteiger partial charge in [-0.3, -0.25) is 0 Å². The van der Waals surface area contributed by atoms with Crippen molar-refractivity contribution < 1.29 is 4.74 Å². The van der Waals surface area contributed by atoms with Crippen molar-refractivity contribution in [2.75, 3.05) is 26.3 Å². The molecule has 0 atom stereocenters. The van der Waals surface area contributed by atoms with E-state index in [0.717, 1.165) is 44.4 Å². The van der Waals surface area contributed by atoms with E-state index in [0.29, 0.717) is 16.7 Å². The van der Waals surface area contributed by atoms with Crippen molar-refractivity contribution in [1.29, 1.82) is 0 Å². The number of nitrogens with one attached hydrogen (secondary N) is 2. The maximum absolute atomic E-state index is 6.04. The van der Waals surface area contributed by atoms with Gasteiger partial charge in [0, 0.05) is 39.0 Å². The molecule has 0 radical (unpaired) electrons. The van der Waals surface area contributed by atoms with Gasteiger partial charge >= 0.3 is 0 Å². The number of guanidine groups is 1. The van der Waals surface area contributed by atoms with Gasteiger partial charge in [0.1, 0.15) is 5.15 Å². The first kappa shape index (κ1) is 18.1. The normalized spacial score (nSPS) is 11.8. The Kier molecular flexibility index (Phi) is 8.57. The zero-order valence-electron chi connectivity index (χ0n) is 12.9. The molecule has 0 aliphatic carbocycles. The molecule has 21 heavy (non-hydrogen) atoms. The van der Waals surface area contributed by atoms with Crippen LogP contribution in [0, 0.1) is 0 Å². The predicted molar refractivity (Wildman–Crippen MR) is 89.4 cm³/mol.